The summed E-state index contributed by atoms with van der Waals surface area (Å²) >= 11 is 1.69. The molecule has 207 valence electrons. The zero-order chi connectivity index (χ0) is 27.2. The summed E-state index contributed by atoms with van der Waals surface area (Å²) in [7, 11) is 0. The van der Waals surface area contributed by atoms with Crippen molar-refractivity contribution in [3.63, 3.8) is 0 Å². The fourth-order valence-electron chi connectivity index (χ4n) is 4.74. The molecule has 5 nitrogen and oxygen atoms in total. The SMILES string of the molecule is CCC(CC)C(=O)/C=C(\O)C(CC)CC.Cc1ccc2c(n1)oc1c(-c3nccc4ccsc34)[c-]ccc12.[Ir]. The van der Waals surface area contributed by atoms with Crippen LogP contribution in [0.4, 0.5) is 0 Å². The van der Waals surface area contributed by atoms with Crippen molar-refractivity contribution in [2.75, 3.05) is 0 Å². The summed E-state index contributed by atoms with van der Waals surface area (Å²) in [5.41, 5.74) is 4.22. The van der Waals surface area contributed by atoms with E-state index >= 15 is 0 Å². The molecule has 0 spiro atoms. The van der Waals surface area contributed by atoms with E-state index in [1.807, 2.05) is 65.1 Å². The molecule has 4 heterocycles. The molecule has 7 heteroatoms. The van der Waals surface area contributed by atoms with Gasteiger partial charge in [-0.2, -0.15) is 11.3 Å². The molecule has 1 N–H and O–H groups in total. The second-order valence-corrected chi connectivity index (χ2v) is 10.4. The topological polar surface area (TPSA) is 76.2 Å². The number of ketones is 1. The van der Waals surface area contributed by atoms with E-state index in [2.05, 4.69) is 33.5 Å². The molecular weight excluding hydrogens is 685 g/mol. The third kappa shape index (κ3) is 6.66. The minimum Gasteiger partial charge on any atom is -0.512 e. The van der Waals surface area contributed by atoms with Crippen molar-refractivity contribution in [2.24, 2.45) is 11.8 Å². The Balaban J connectivity index is 0.000000233. The average molecular weight is 720 g/mol. The van der Waals surface area contributed by atoms with E-state index in [0.29, 0.717) is 5.71 Å². The molecular formula is C32H35IrN2O3S-. The van der Waals surface area contributed by atoms with Gasteiger partial charge in [-0.1, -0.05) is 38.6 Å². The third-order valence-corrected chi connectivity index (χ3v) is 8.06. The van der Waals surface area contributed by atoms with Crippen molar-refractivity contribution in [3.8, 4) is 11.3 Å². The summed E-state index contributed by atoms with van der Waals surface area (Å²) in [5.74, 6) is 0.547. The van der Waals surface area contributed by atoms with Gasteiger partial charge in [0.25, 0.3) is 0 Å². The number of aryl methyl sites for hydroxylation is 1. The first-order valence-electron chi connectivity index (χ1n) is 13.4. The van der Waals surface area contributed by atoms with Gasteiger partial charge in [-0.3, -0.25) is 4.79 Å². The van der Waals surface area contributed by atoms with E-state index in [1.54, 1.807) is 11.3 Å². The summed E-state index contributed by atoms with van der Waals surface area (Å²) < 4.78 is 7.22. The van der Waals surface area contributed by atoms with Crippen LogP contribution in [0, 0.1) is 24.8 Å². The molecule has 1 radical (unpaired) electrons. The molecule has 0 unspecified atom stereocenters. The Bertz CT molecular complexity index is 1580. The van der Waals surface area contributed by atoms with Gasteiger partial charge < -0.3 is 14.5 Å². The van der Waals surface area contributed by atoms with Crippen LogP contribution >= 0.6 is 11.3 Å². The number of aliphatic hydroxyl groups is 1. The van der Waals surface area contributed by atoms with Crippen molar-refractivity contribution in [1.29, 1.82) is 0 Å². The first kappa shape index (κ1) is 30.7. The number of carbonyl (C=O) groups is 1. The van der Waals surface area contributed by atoms with Crippen LogP contribution in [0.2, 0.25) is 0 Å². The quantitative estimate of drug-likeness (QED) is 0.0984. The standard InChI is InChI=1S/C19H11N2OS.C13H24O2.Ir/c1-11-5-6-14-13-3-2-4-15(17(13)22-19(14)21-11)16-18-12(7-9-20-16)8-10-23-18;1-5-10(6-2)12(14)9-13(15)11(7-3)8-4;/h2-3,5-10H,1H3;9-11,14H,5-8H2,1-4H3;/q-1;;/b;12-9-;. The Morgan fingerprint density at radius 2 is 1.74 bits per heavy atom. The van der Waals surface area contributed by atoms with Crippen LogP contribution in [-0.2, 0) is 24.9 Å². The Kier molecular flexibility index (Phi) is 11.0. The molecule has 1 aromatic carbocycles. The van der Waals surface area contributed by atoms with Crippen LogP contribution in [0.25, 0.3) is 43.4 Å². The Labute approximate surface area is 247 Å². The van der Waals surface area contributed by atoms with Crippen molar-refractivity contribution < 1.29 is 34.4 Å². The maximum atomic E-state index is 11.7. The number of aromatic nitrogens is 2. The van der Waals surface area contributed by atoms with Gasteiger partial charge in [0.05, 0.1) is 11.3 Å². The third-order valence-electron chi connectivity index (χ3n) is 7.13. The Morgan fingerprint density at radius 1 is 1.03 bits per heavy atom. The predicted molar refractivity (Wildman–Crippen MR) is 158 cm³/mol. The molecule has 0 aliphatic heterocycles. The minimum absolute atomic E-state index is 0. The molecule has 0 amide bonds. The second kappa shape index (κ2) is 14.0. The van der Waals surface area contributed by atoms with Gasteiger partial charge in [0, 0.05) is 65.7 Å². The van der Waals surface area contributed by atoms with Gasteiger partial charge in [-0.15, -0.1) is 18.2 Å². The Morgan fingerprint density at radius 3 is 2.44 bits per heavy atom. The van der Waals surface area contributed by atoms with Crippen LogP contribution in [-0.4, -0.2) is 20.9 Å². The van der Waals surface area contributed by atoms with Gasteiger partial charge in [0.1, 0.15) is 0 Å². The number of hydrogen-bond donors (Lipinski definition) is 1. The predicted octanol–water partition coefficient (Wildman–Crippen LogP) is 9.23. The monoisotopic (exact) mass is 720 g/mol. The van der Waals surface area contributed by atoms with Gasteiger partial charge in [0.2, 0.25) is 5.71 Å². The molecule has 5 aromatic rings. The molecule has 39 heavy (non-hydrogen) atoms. The Hall–Kier alpha value is -2.86. The van der Waals surface area contributed by atoms with Crippen LogP contribution in [0.1, 0.15) is 59.1 Å². The van der Waals surface area contributed by atoms with E-state index in [-0.39, 0.29) is 43.5 Å². The second-order valence-electron chi connectivity index (χ2n) is 9.50. The van der Waals surface area contributed by atoms with E-state index < -0.39 is 0 Å². The molecule has 0 fully saturated rings. The molecule has 0 atom stereocenters. The van der Waals surface area contributed by atoms with Crippen molar-refractivity contribution in [3.05, 3.63) is 71.6 Å². The summed E-state index contributed by atoms with van der Waals surface area (Å²) in [6.07, 6.45) is 6.74. The van der Waals surface area contributed by atoms with Crippen LogP contribution in [0.3, 0.4) is 0 Å². The number of hydrogen-bond acceptors (Lipinski definition) is 6. The number of carbonyl (C=O) groups excluding carboxylic acids is 1. The number of thiophene rings is 1. The fraction of sp³-hybridized carbons (Fsp3) is 0.344. The zero-order valence-corrected chi connectivity index (χ0v) is 26.3. The largest absolute Gasteiger partial charge is 0.512 e. The summed E-state index contributed by atoms with van der Waals surface area (Å²) in [4.78, 5) is 20.8. The van der Waals surface area contributed by atoms with Crippen molar-refractivity contribution in [2.45, 2.75) is 60.3 Å². The van der Waals surface area contributed by atoms with Crippen molar-refractivity contribution >= 4 is 49.3 Å². The number of nitrogens with zero attached hydrogens (tertiary/aromatic N) is 2. The number of furan rings is 1. The summed E-state index contributed by atoms with van der Waals surface area (Å²) in [6.45, 7) is 10.0. The van der Waals surface area contributed by atoms with E-state index in [4.69, 9.17) is 4.42 Å². The molecule has 0 bridgehead atoms. The number of fused-ring (bicyclic) bond motifs is 4. The zero-order valence-electron chi connectivity index (χ0n) is 23.1. The number of benzene rings is 1. The summed E-state index contributed by atoms with van der Waals surface area (Å²) in [6, 6.07) is 15.5. The number of allylic oxidation sites excluding steroid dienone is 2. The number of pyridine rings is 2. The van der Waals surface area contributed by atoms with Gasteiger partial charge in [-0.25, -0.2) is 4.98 Å². The molecule has 0 saturated carbocycles. The molecule has 0 aliphatic rings. The smallest absolute Gasteiger partial charge is 0.216 e. The molecule has 0 saturated heterocycles. The maximum Gasteiger partial charge on any atom is 0.216 e. The van der Waals surface area contributed by atoms with Crippen molar-refractivity contribution in [1.82, 2.24) is 9.97 Å². The normalized spacial score (nSPS) is 11.7. The number of aliphatic hydroxyl groups excluding tert-OH is 1. The minimum atomic E-state index is 0. The van der Waals surface area contributed by atoms with Crippen LogP contribution < -0.4 is 0 Å². The van der Waals surface area contributed by atoms with Crippen LogP contribution in [0.5, 0.6) is 0 Å². The average Bonchev–Trinajstić information content (AvgIpc) is 3.54. The van der Waals surface area contributed by atoms with E-state index in [9.17, 15) is 9.90 Å². The maximum absolute atomic E-state index is 11.7. The fourth-order valence-corrected chi connectivity index (χ4v) is 5.63. The molecule has 0 aliphatic carbocycles. The first-order valence-corrected chi connectivity index (χ1v) is 14.3. The molecule has 4 aromatic heterocycles. The van der Waals surface area contributed by atoms with E-state index in [0.717, 1.165) is 63.7 Å². The summed E-state index contributed by atoms with van der Waals surface area (Å²) in [5, 5.41) is 15.1. The van der Waals surface area contributed by atoms with Crippen LogP contribution in [0.15, 0.2) is 64.2 Å². The van der Waals surface area contributed by atoms with Gasteiger partial charge >= 0.3 is 0 Å². The first-order chi connectivity index (χ1) is 18.4. The van der Waals surface area contributed by atoms with Gasteiger partial charge in [0.15, 0.2) is 5.78 Å². The van der Waals surface area contributed by atoms with Gasteiger partial charge in [-0.05, 0) is 67.6 Å². The number of rotatable bonds is 8. The van der Waals surface area contributed by atoms with E-state index in [1.165, 1.54) is 11.5 Å². The molecule has 5 rings (SSSR count).